The van der Waals surface area contributed by atoms with Crippen molar-refractivity contribution in [3.63, 3.8) is 0 Å². The first-order valence-corrected chi connectivity index (χ1v) is 23.1. The van der Waals surface area contributed by atoms with Gasteiger partial charge in [0, 0.05) is 25.3 Å². The molecule has 0 radical (unpaired) electrons. The van der Waals surface area contributed by atoms with Crippen molar-refractivity contribution in [1.82, 2.24) is 4.90 Å². The number of carbonyl (C=O) groups is 2. The van der Waals surface area contributed by atoms with Gasteiger partial charge in [-0.25, -0.2) is 9.59 Å². The Labute approximate surface area is 329 Å². The third-order valence-corrected chi connectivity index (χ3v) is 10.4. The van der Waals surface area contributed by atoms with Crippen molar-refractivity contribution < 1.29 is 24.2 Å². The van der Waals surface area contributed by atoms with Gasteiger partial charge in [0.15, 0.2) is 0 Å². The molecule has 0 heterocycles. The molecule has 0 bridgehead atoms. The molecule has 0 spiro atoms. The van der Waals surface area contributed by atoms with E-state index in [2.05, 4.69) is 32.6 Å². The van der Waals surface area contributed by atoms with Crippen LogP contribution in [0.25, 0.3) is 0 Å². The van der Waals surface area contributed by atoms with Crippen LogP contribution in [0.3, 0.4) is 0 Å². The van der Waals surface area contributed by atoms with Gasteiger partial charge >= 0.3 is 11.9 Å². The van der Waals surface area contributed by atoms with Crippen molar-refractivity contribution in [3.05, 3.63) is 23.3 Å². The second-order valence-corrected chi connectivity index (χ2v) is 15.6. The maximum absolute atomic E-state index is 12.5. The molecule has 0 aliphatic heterocycles. The second kappa shape index (κ2) is 41.5. The largest absolute Gasteiger partial charge is 0.463 e. The first-order chi connectivity index (χ1) is 26.0. The molecule has 0 aromatic rings. The summed E-state index contributed by atoms with van der Waals surface area (Å²) in [6, 6.07) is 0. The van der Waals surface area contributed by atoms with Crippen LogP contribution >= 0.6 is 0 Å². The summed E-state index contributed by atoms with van der Waals surface area (Å²) < 4.78 is 11.2. The van der Waals surface area contributed by atoms with Crippen molar-refractivity contribution in [1.29, 1.82) is 0 Å². The number of aliphatic hydroxyl groups is 1. The fourth-order valence-electron chi connectivity index (χ4n) is 6.98. The summed E-state index contributed by atoms with van der Waals surface area (Å²) in [5.41, 5.74) is 2.55. The van der Waals surface area contributed by atoms with Crippen LogP contribution in [0, 0.1) is 0 Å². The fourth-order valence-corrected chi connectivity index (χ4v) is 6.98. The summed E-state index contributed by atoms with van der Waals surface area (Å²) in [5, 5.41) is 9.41. The van der Waals surface area contributed by atoms with Crippen LogP contribution in [0.5, 0.6) is 0 Å². The van der Waals surface area contributed by atoms with Gasteiger partial charge in [-0.3, -0.25) is 0 Å². The molecule has 53 heavy (non-hydrogen) atoms. The molecule has 0 aliphatic carbocycles. The predicted molar refractivity (Wildman–Crippen MR) is 227 cm³/mol. The second-order valence-electron chi connectivity index (χ2n) is 15.6. The van der Waals surface area contributed by atoms with Crippen LogP contribution in [0.15, 0.2) is 23.3 Å². The number of esters is 2. The molecule has 0 rings (SSSR count). The van der Waals surface area contributed by atoms with E-state index in [-0.39, 0.29) is 18.5 Å². The summed E-state index contributed by atoms with van der Waals surface area (Å²) in [4.78, 5) is 27.6. The van der Waals surface area contributed by atoms with Crippen LogP contribution in [-0.4, -0.2) is 61.4 Å². The molecule has 0 fully saturated rings. The molecule has 0 saturated carbocycles. The zero-order valence-corrected chi connectivity index (χ0v) is 35.8. The summed E-state index contributed by atoms with van der Waals surface area (Å²) in [6.45, 7) is 13.2. The predicted octanol–water partition coefficient (Wildman–Crippen LogP) is 13.4. The van der Waals surface area contributed by atoms with Crippen molar-refractivity contribution in [2.24, 2.45) is 0 Å². The number of carbonyl (C=O) groups excluding carboxylic acids is 2. The van der Waals surface area contributed by atoms with E-state index in [0.29, 0.717) is 13.2 Å². The normalized spacial score (nSPS) is 12.2. The molecule has 6 heteroatoms. The number of rotatable bonds is 41. The Kier molecular flexibility index (Phi) is 40.2. The van der Waals surface area contributed by atoms with Gasteiger partial charge in [0.05, 0.1) is 13.2 Å². The smallest absolute Gasteiger partial charge is 0.330 e. The lowest BCUT2D eigenvalue weighted by Crippen LogP contribution is -2.28. The molecule has 0 aromatic carbocycles. The Hall–Kier alpha value is -1.66. The molecule has 312 valence electrons. The van der Waals surface area contributed by atoms with E-state index in [4.69, 9.17) is 9.47 Å². The van der Waals surface area contributed by atoms with Crippen molar-refractivity contribution in [2.75, 3.05) is 39.5 Å². The minimum atomic E-state index is -0.154. The fraction of sp³-hybridized carbons (Fsp3) is 0.872. The Morgan fingerprint density at radius 3 is 1.11 bits per heavy atom. The summed E-state index contributed by atoms with van der Waals surface area (Å²) in [6.07, 6.45) is 39.5. The van der Waals surface area contributed by atoms with Crippen LogP contribution in [0.1, 0.15) is 227 Å². The lowest BCUT2D eigenvalue weighted by molar-refractivity contribution is -0.138. The monoisotopic (exact) mass is 748 g/mol. The van der Waals surface area contributed by atoms with E-state index in [1.807, 2.05) is 0 Å². The minimum Gasteiger partial charge on any atom is -0.463 e. The first kappa shape index (κ1) is 51.3. The lowest BCUT2D eigenvalue weighted by atomic mass is 10.00. The van der Waals surface area contributed by atoms with Crippen LogP contribution in [0.4, 0.5) is 0 Å². The number of unbranched alkanes of at least 4 members (excludes halogenated alkanes) is 20. The summed E-state index contributed by atoms with van der Waals surface area (Å²) in [5.74, 6) is -0.309. The molecule has 1 N–H and O–H groups in total. The van der Waals surface area contributed by atoms with E-state index in [0.717, 1.165) is 116 Å². The van der Waals surface area contributed by atoms with Crippen molar-refractivity contribution in [2.45, 2.75) is 227 Å². The van der Waals surface area contributed by atoms with Gasteiger partial charge in [0.2, 0.25) is 0 Å². The van der Waals surface area contributed by atoms with E-state index in [1.54, 1.807) is 12.2 Å². The maximum atomic E-state index is 12.5. The molecule has 0 aromatic heterocycles. The van der Waals surface area contributed by atoms with Gasteiger partial charge in [-0.2, -0.15) is 0 Å². The van der Waals surface area contributed by atoms with Crippen molar-refractivity contribution >= 4 is 11.9 Å². The quantitative estimate of drug-likeness (QED) is 0.0381. The molecule has 0 unspecified atom stereocenters. The van der Waals surface area contributed by atoms with Gasteiger partial charge in [-0.1, -0.05) is 154 Å². The molecule has 0 saturated heterocycles. The number of hydrogen-bond donors (Lipinski definition) is 1. The number of hydrogen-bond acceptors (Lipinski definition) is 6. The van der Waals surface area contributed by atoms with Crippen molar-refractivity contribution in [3.8, 4) is 0 Å². The van der Waals surface area contributed by atoms with Crippen LogP contribution < -0.4 is 0 Å². The SMILES string of the molecule is CCCCCCCC/C(=C/C(=O)OCCCCCCN(CCCO)CCCCCCOC(=O)/C=C(\CCCCC)CCCCCCCC)CCCCC. The average Bonchev–Trinajstić information content (AvgIpc) is 3.15. The highest BCUT2D eigenvalue weighted by Gasteiger charge is 2.08. The molecule has 0 aliphatic rings. The average molecular weight is 748 g/mol. The highest BCUT2D eigenvalue weighted by atomic mass is 16.5. The molecule has 6 nitrogen and oxygen atoms in total. The Morgan fingerprint density at radius 1 is 0.415 bits per heavy atom. The van der Waals surface area contributed by atoms with Gasteiger partial charge < -0.3 is 19.5 Å². The number of nitrogens with zero attached hydrogens (tertiary/aromatic N) is 1. The third-order valence-electron chi connectivity index (χ3n) is 10.4. The number of aliphatic hydroxyl groups excluding tert-OH is 1. The molecule has 0 atom stereocenters. The van der Waals surface area contributed by atoms with Gasteiger partial charge in [0.25, 0.3) is 0 Å². The number of ether oxygens (including phenoxy) is 2. The molecular formula is C47H89NO5. The minimum absolute atomic E-state index is 0.154. The summed E-state index contributed by atoms with van der Waals surface area (Å²) >= 11 is 0. The molecular weight excluding hydrogens is 659 g/mol. The van der Waals surface area contributed by atoms with Gasteiger partial charge in [-0.05, 0) is 96.6 Å². The van der Waals surface area contributed by atoms with Gasteiger partial charge in [-0.15, -0.1) is 0 Å². The molecule has 0 amide bonds. The standard InChI is InChI=1S/C47H89NO5/c1-5-9-13-15-17-25-34-44(32-23-11-7-3)42-46(50)52-40-29-21-19-27-36-48(38-31-39-49)37-28-20-22-30-41-53-47(51)43-45(33-24-12-8-4)35-26-18-16-14-10-6-2/h42-43,49H,5-41H2,1-4H3/b44-42+,45-43+. The van der Waals surface area contributed by atoms with E-state index in [1.165, 1.54) is 114 Å². The van der Waals surface area contributed by atoms with E-state index >= 15 is 0 Å². The van der Waals surface area contributed by atoms with E-state index in [9.17, 15) is 14.7 Å². The number of allylic oxidation sites excluding steroid dienone is 2. The highest BCUT2D eigenvalue weighted by Crippen LogP contribution is 2.19. The van der Waals surface area contributed by atoms with E-state index < -0.39 is 0 Å². The van der Waals surface area contributed by atoms with Crippen LogP contribution in [0.2, 0.25) is 0 Å². The van der Waals surface area contributed by atoms with Crippen LogP contribution in [-0.2, 0) is 19.1 Å². The summed E-state index contributed by atoms with van der Waals surface area (Å²) in [7, 11) is 0. The highest BCUT2D eigenvalue weighted by molar-refractivity contribution is 5.83. The first-order valence-electron chi connectivity index (χ1n) is 23.1. The maximum Gasteiger partial charge on any atom is 0.330 e. The lowest BCUT2D eigenvalue weighted by Gasteiger charge is -2.22. The topological polar surface area (TPSA) is 76.1 Å². The Morgan fingerprint density at radius 2 is 0.717 bits per heavy atom. The Balaban J connectivity index is 4.28. The van der Waals surface area contributed by atoms with Gasteiger partial charge in [0.1, 0.15) is 0 Å². The zero-order chi connectivity index (χ0) is 38.9. The zero-order valence-electron chi connectivity index (χ0n) is 35.8. The Bertz CT molecular complexity index is 803. The third kappa shape index (κ3) is 37.1.